The van der Waals surface area contributed by atoms with Gasteiger partial charge in [0.1, 0.15) is 18.5 Å². The van der Waals surface area contributed by atoms with Crippen LogP contribution in [-0.4, -0.2) is 66.8 Å². The van der Waals surface area contributed by atoms with E-state index in [4.69, 9.17) is 34.8 Å². The van der Waals surface area contributed by atoms with Gasteiger partial charge in [0.05, 0.1) is 52.3 Å². The third kappa shape index (κ3) is 6.41. The van der Waals surface area contributed by atoms with Gasteiger partial charge in [0.15, 0.2) is 11.9 Å². The second kappa shape index (κ2) is 14.4. The summed E-state index contributed by atoms with van der Waals surface area (Å²) in [5.41, 5.74) is 9.63. The second-order valence-electron chi connectivity index (χ2n) is 14.4. The molecule has 3 aliphatic heterocycles. The summed E-state index contributed by atoms with van der Waals surface area (Å²) in [6.07, 6.45) is -4.63. The monoisotopic (exact) mass is 801 g/mol. The number of carboxylic acid groups (broad SMARTS) is 1. The van der Waals surface area contributed by atoms with Crippen molar-refractivity contribution in [2.45, 2.75) is 83.1 Å². The molecule has 1 aliphatic carbocycles. The van der Waals surface area contributed by atoms with Crippen molar-refractivity contribution in [2.75, 3.05) is 6.54 Å². The molecule has 6 N–H and O–H groups in total. The first kappa shape index (κ1) is 38.3. The summed E-state index contributed by atoms with van der Waals surface area (Å²) in [6, 6.07) is 5.84. The fourth-order valence-corrected chi connectivity index (χ4v) is 8.19. The lowest BCUT2D eigenvalue weighted by Crippen LogP contribution is -2.34. The number of amides is 1. The Hall–Kier alpha value is -6.60. The van der Waals surface area contributed by atoms with Crippen LogP contribution < -0.4 is 21.3 Å². The number of aromatic nitrogens is 2. The molecule has 302 valence electrons. The van der Waals surface area contributed by atoms with Gasteiger partial charge in [-0.1, -0.05) is 13.0 Å². The van der Waals surface area contributed by atoms with Gasteiger partial charge in [-0.15, -0.1) is 0 Å². The number of aliphatic carboxylic acids is 1. The first-order valence-corrected chi connectivity index (χ1v) is 18.4. The summed E-state index contributed by atoms with van der Waals surface area (Å²) < 4.78 is 38.1. The summed E-state index contributed by atoms with van der Waals surface area (Å²) in [4.78, 5) is 67.2. The number of halogens is 1. The van der Waals surface area contributed by atoms with E-state index in [2.05, 4.69) is 5.32 Å². The molecule has 0 saturated carbocycles. The van der Waals surface area contributed by atoms with Crippen molar-refractivity contribution in [3.8, 4) is 17.1 Å². The van der Waals surface area contributed by atoms with Gasteiger partial charge in [0, 0.05) is 35.2 Å². The molecule has 1 fully saturated rings. The van der Waals surface area contributed by atoms with Crippen molar-refractivity contribution in [1.29, 1.82) is 0 Å². The maximum atomic E-state index is 15.3. The molecule has 8 rings (SSSR count). The van der Waals surface area contributed by atoms with Gasteiger partial charge in [-0.25, -0.2) is 14.2 Å². The van der Waals surface area contributed by atoms with E-state index in [1.807, 2.05) is 6.92 Å². The number of hydrogen-bond acceptors (Lipinski definition) is 14. The molecule has 5 atom stereocenters. The minimum atomic E-state index is -2.13. The molecular formula is C39H36FN5O13. The summed E-state index contributed by atoms with van der Waals surface area (Å²) in [7, 11) is 0. The highest BCUT2D eigenvalue weighted by Gasteiger charge is 2.42. The van der Waals surface area contributed by atoms with Crippen LogP contribution in [0.1, 0.15) is 83.2 Å². The molecule has 1 unspecified atom stereocenters. The average molecular weight is 802 g/mol. The SMILES string of the molecule is CC[C@H]1C(=O)OCc2c1cc1n(c2=O)Cc2c-1nc1cc(F)c(C)c3c1c2[C@@H](NC(=O)O[C@@H](CN)c1ccc(OC(O)/C(O)=C2\O[C@@H]2CC(=O)O)c([N+](=O)[O-])c1)CC3. The predicted molar refractivity (Wildman–Crippen MR) is 197 cm³/mol. The number of aliphatic hydroxyl groups excluding tert-OH is 2. The molecule has 19 heteroatoms. The number of carbonyl (C=O) groups is 3. The minimum absolute atomic E-state index is 0.0892. The third-order valence-corrected chi connectivity index (χ3v) is 11.1. The molecule has 4 aliphatic rings. The Kier molecular flexibility index (Phi) is 9.51. The number of benzene rings is 2. The highest BCUT2D eigenvalue weighted by Crippen LogP contribution is 2.46. The Bertz CT molecular complexity index is 2570. The number of alkyl carbamates (subject to hydrolysis) is 1. The van der Waals surface area contributed by atoms with Crippen molar-refractivity contribution in [3.05, 3.63) is 107 Å². The second-order valence-corrected chi connectivity index (χ2v) is 14.4. The average Bonchev–Trinajstić information content (AvgIpc) is 3.85. The summed E-state index contributed by atoms with van der Waals surface area (Å²) in [5, 5.41) is 45.1. The van der Waals surface area contributed by atoms with Crippen LogP contribution in [0.5, 0.6) is 5.75 Å². The van der Waals surface area contributed by atoms with E-state index >= 15 is 4.39 Å². The quantitative estimate of drug-likeness (QED) is 0.0314. The van der Waals surface area contributed by atoms with Gasteiger partial charge in [0.25, 0.3) is 11.8 Å². The van der Waals surface area contributed by atoms with Crippen LogP contribution in [-0.2, 0) is 43.4 Å². The van der Waals surface area contributed by atoms with Gasteiger partial charge in [-0.3, -0.25) is 24.5 Å². The zero-order valence-electron chi connectivity index (χ0n) is 30.9. The number of nitrogens with zero attached hydrogens (tertiary/aromatic N) is 3. The number of nitrogens with two attached hydrogens (primary N) is 1. The number of epoxide rings is 1. The van der Waals surface area contributed by atoms with E-state index in [0.29, 0.717) is 74.9 Å². The lowest BCUT2D eigenvalue weighted by molar-refractivity contribution is -0.386. The molecule has 58 heavy (non-hydrogen) atoms. The standard InChI is InChI=1S/C39H36FN5O13/c1-3-17-19-9-26-33-20(13-44(26)36(49)21(19)14-55-37(17)50)32-23(6-5-18-15(2)22(40)10-24(42-33)31(18)32)43-39(52)58-29(12-41)16-4-7-27(25(8-16)45(53)54)57-38(51)34(48)35-28(56-35)11-30(46)47/h4,7-10,17,23,28-29,38,48,51H,3,5-6,11-14,41H2,1-2H3,(H,43,52)(H,46,47)/b35-34+/t17-,23+,28-,29+,38?/m1/s1. The number of aliphatic hydroxyl groups is 2. The maximum Gasteiger partial charge on any atom is 0.408 e. The van der Waals surface area contributed by atoms with Crippen molar-refractivity contribution in [2.24, 2.45) is 5.73 Å². The topological polar surface area (TPSA) is 268 Å². The Balaban J connectivity index is 1.08. The number of rotatable bonds is 11. The molecule has 2 aromatic carbocycles. The van der Waals surface area contributed by atoms with E-state index in [0.717, 1.165) is 12.1 Å². The zero-order chi connectivity index (χ0) is 41.3. The predicted octanol–water partition coefficient (Wildman–Crippen LogP) is 4.09. The van der Waals surface area contributed by atoms with Gasteiger partial charge < -0.3 is 49.9 Å². The Morgan fingerprint density at radius 1 is 1.19 bits per heavy atom. The number of nitro benzene ring substituents is 1. The van der Waals surface area contributed by atoms with Crippen LogP contribution in [0.15, 0.2) is 46.6 Å². The zero-order valence-corrected chi connectivity index (χ0v) is 30.9. The fourth-order valence-electron chi connectivity index (χ4n) is 8.19. The summed E-state index contributed by atoms with van der Waals surface area (Å²) in [5.74, 6) is -4.28. The number of fused-ring (bicyclic) bond motifs is 5. The molecule has 1 saturated heterocycles. The highest BCUT2D eigenvalue weighted by molar-refractivity contribution is 5.93. The Labute approximate surface area is 326 Å². The van der Waals surface area contributed by atoms with Crippen LogP contribution in [0.2, 0.25) is 0 Å². The largest absolute Gasteiger partial charge is 0.504 e. The van der Waals surface area contributed by atoms with Crippen molar-refractivity contribution in [3.63, 3.8) is 0 Å². The van der Waals surface area contributed by atoms with Crippen LogP contribution in [0.3, 0.4) is 0 Å². The molecule has 18 nitrogen and oxygen atoms in total. The summed E-state index contributed by atoms with van der Waals surface area (Å²) in [6.45, 7) is 3.11. The smallest absolute Gasteiger partial charge is 0.408 e. The number of aryl methyl sites for hydroxylation is 1. The normalized spacial score (nSPS) is 20.4. The van der Waals surface area contributed by atoms with Gasteiger partial charge >= 0.3 is 23.7 Å². The Morgan fingerprint density at radius 2 is 1.97 bits per heavy atom. The van der Waals surface area contributed by atoms with E-state index < -0.39 is 82.8 Å². The van der Waals surface area contributed by atoms with Crippen molar-refractivity contribution in [1.82, 2.24) is 14.9 Å². The number of hydrogen-bond donors (Lipinski definition) is 5. The molecular weight excluding hydrogens is 765 g/mol. The first-order valence-electron chi connectivity index (χ1n) is 18.4. The van der Waals surface area contributed by atoms with Gasteiger partial charge in [0.2, 0.25) is 11.5 Å². The third-order valence-electron chi connectivity index (χ3n) is 11.1. The lowest BCUT2D eigenvalue weighted by Gasteiger charge is -2.30. The maximum absolute atomic E-state index is 15.3. The number of nitro groups is 1. The van der Waals surface area contributed by atoms with E-state index in [9.17, 15) is 39.5 Å². The number of pyridine rings is 2. The van der Waals surface area contributed by atoms with Crippen LogP contribution >= 0.6 is 0 Å². The number of ether oxygens (including phenoxy) is 4. The number of cyclic esters (lactones) is 1. The van der Waals surface area contributed by atoms with Crippen LogP contribution in [0.25, 0.3) is 22.3 Å². The highest BCUT2D eigenvalue weighted by atomic mass is 19.1. The van der Waals surface area contributed by atoms with E-state index in [1.165, 1.54) is 12.1 Å². The number of esters is 1. The van der Waals surface area contributed by atoms with Crippen molar-refractivity contribution < 1.29 is 58.0 Å². The van der Waals surface area contributed by atoms with E-state index in [-0.39, 0.29) is 36.6 Å². The molecule has 0 radical (unpaired) electrons. The van der Waals surface area contributed by atoms with Crippen LogP contribution in [0.4, 0.5) is 14.9 Å². The molecule has 2 aromatic heterocycles. The van der Waals surface area contributed by atoms with Gasteiger partial charge in [-0.05, 0) is 60.6 Å². The first-order chi connectivity index (χ1) is 27.7. The van der Waals surface area contributed by atoms with E-state index in [1.54, 1.807) is 17.6 Å². The van der Waals surface area contributed by atoms with Crippen LogP contribution in [0, 0.1) is 22.9 Å². The Morgan fingerprint density at radius 3 is 2.67 bits per heavy atom. The molecule has 0 bridgehead atoms. The molecule has 5 heterocycles. The lowest BCUT2D eigenvalue weighted by atomic mass is 9.81. The molecule has 1 amide bonds. The number of carbonyl (C=O) groups excluding carboxylic acids is 2. The summed E-state index contributed by atoms with van der Waals surface area (Å²) >= 11 is 0. The van der Waals surface area contributed by atoms with Gasteiger partial charge in [-0.2, -0.15) is 0 Å². The number of nitrogens with one attached hydrogen (secondary N) is 1. The molecule has 0 spiro atoms. The number of carboxylic acids is 1. The van der Waals surface area contributed by atoms with Crippen molar-refractivity contribution >= 4 is 34.6 Å². The fraction of sp³-hybridized carbons (Fsp3) is 0.359. The minimum Gasteiger partial charge on any atom is -0.504 e. The molecule has 4 aromatic rings.